The molecule has 16 heavy (non-hydrogen) atoms. The molecule has 0 aliphatic heterocycles. The molecule has 0 saturated heterocycles. The Hall–Kier alpha value is -0.940. The highest BCUT2D eigenvalue weighted by Gasteiger charge is 2.16. The second-order valence-electron chi connectivity index (χ2n) is 3.78. The lowest BCUT2D eigenvalue weighted by Gasteiger charge is -2.24. The quantitative estimate of drug-likeness (QED) is 0.817. The van der Waals surface area contributed by atoms with E-state index in [0.717, 1.165) is 6.42 Å². The molecule has 0 bridgehead atoms. The predicted molar refractivity (Wildman–Crippen MR) is 71.7 cm³/mol. The molecule has 1 amide bonds. The van der Waals surface area contributed by atoms with Crippen LogP contribution in [0.3, 0.4) is 0 Å². The Morgan fingerprint density at radius 1 is 1.69 bits per heavy atom. The van der Waals surface area contributed by atoms with Crippen molar-refractivity contribution in [2.24, 2.45) is 5.73 Å². The Morgan fingerprint density at radius 2 is 2.38 bits per heavy atom. The third-order valence-corrected chi connectivity index (χ3v) is 3.50. The second-order valence-corrected chi connectivity index (χ2v) is 5.34. The lowest BCUT2D eigenvalue weighted by atomic mass is 10.2. The van der Waals surface area contributed by atoms with Gasteiger partial charge in [-0.15, -0.1) is 11.3 Å². The maximum atomic E-state index is 11.7. The van der Waals surface area contributed by atoms with Crippen molar-refractivity contribution in [3.63, 3.8) is 0 Å². The molecule has 0 aromatic carbocycles. The normalized spacial score (nSPS) is 12.1. The van der Waals surface area contributed by atoms with Gasteiger partial charge < -0.3 is 10.6 Å². The second kappa shape index (κ2) is 5.96. The van der Waals surface area contributed by atoms with Crippen LogP contribution in [0, 0.1) is 0 Å². The first-order chi connectivity index (χ1) is 7.50. The highest BCUT2D eigenvalue weighted by molar-refractivity contribution is 7.80. The molecule has 5 heteroatoms. The first-order valence-corrected chi connectivity index (χ1v) is 6.36. The first-order valence-electron chi connectivity index (χ1n) is 5.07. The molecule has 1 heterocycles. The Kier molecular flexibility index (Phi) is 4.89. The fourth-order valence-electron chi connectivity index (χ4n) is 1.38. The summed E-state index contributed by atoms with van der Waals surface area (Å²) in [5.74, 6) is -0.0171. The van der Waals surface area contributed by atoms with Gasteiger partial charge in [0.05, 0.1) is 11.4 Å². The fourth-order valence-corrected chi connectivity index (χ4v) is 2.33. The van der Waals surface area contributed by atoms with Crippen molar-refractivity contribution in [2.45, 2.75) is 25.8 Å². The number of hydrogen-bond acceptors (Lipinski definition) is 3. The van der Waals surface area contributed by atoms with Crippen LogP contribution in [-0.2, 0) is 11.2 Å². The van der Waals surface area contributed by atoms with E-state index >= 15 is 0 Å². The summed E-state index contributed by atoms with van der Waals surface area (Å²) in [7, 11) is 1.79. The van der Waals surface area contributed by atoms with E-state index in [1.807, 2.05) is 18.4 Å². The lowest BCUT2D eigenvalue weighted by molar-refractivity contribution is -0.130. The molecule has 1 aromatic rings. The zero-order valence-corrected chi connectivity index (χ0v) is 11.1. The van der Waals surface area contributed by atoms with E-state index < -0.39 is 0 Å². The van der Waals surface area contributed by atoms with Crippen molar-refractivity contribution in [1.29, 1.82) is 0 Å². The van der Waals surface area contributed by atoms with Crippen molar-refractivity contribution in [3.8, 4) is 0 Å². The van der Waals surface area contributed by atoms with Crippen molar-refractivity contribution in [3.05, 3.63) is 22.4 Å². The van der Waals surface area contributed by atoms with Gasteiger partial charge in [0.15, 0.2) is 0 Å². The van der Waals surface area contributed by atoms with Gasteiger partial charge in [0.25, 0.3) is 0 Å². The van der Waals surface area contributed by atoms with Gasteiger partial charge in [-0.3, -0.25) is 4.79 Å². The number of amides is 1. The maximum Gasteiger partial charge on any atom is 0.229 e. The van der Waals surface area contributed by atoms with Crippen molar-refractivity contribution in [2.75, 3.05) is 7.05 Å². The van der Waals surface area contributed by atoms with Crippen molar-refractivity contribution in [1.82, 2.24) is 4.90 Å². The Balaban J connectivity index is 2.50. The van der Waals surface area contributed by atoms with E-state index in [-0.39, 0.29) is 23.4 Å². The van der Waals surface area contributed by atoms with E-state index in [2.05, 4.69) is 6.07 Å². The van der Waals surface area contributed by atoms with E-state index in [1.165, 1.54) is 4.88 Å². The predicted octanol–water partition coefficient (Wildman–Crippen LogP) is 1.81. The minimum Gasteiger partial charge on any atom is -0.393 e. The lowest BCUT2D eigenvalue weighted by Crippen LogP contribution is -2.38. The van der Waals surface area contributed by atoms with E-state index in [0.29, 0.717) is 0 Å². The summed E-state index contributed by atoms with van der Waals surface area (Å²) in [6.07, 6.45) is 1.03. The number of nitrogens with two attached hydrogens (primary N) is 1. The average molecular weight is 256 g/mol. The summed E-state index contributed by atoms with van der Waals surface area (Å²) < 4.78 is 0. The molecule has 1 unspecified atom stereocenters. The van der Waals surface area contributed by atoms with Crippen LogP contribution in [-0.4, -0.2) is 28.9 Å². The minimum absolute atomic E-state index is 0.0171. The molecule has 0 saturated carbocycles. The molecule has 0 spiro atoms. The Bertz CT molecular complexity index is 362. The van der Waals surface area contributed by atoms with Crippen LogP contribution in [0.2, 0.25) is 0 Å². The number of likely N-dealkylation sites (N-methyl/N-ethyl adjacent to an activating group) is 1. The van der Waals surface area contributed by atoms with Gasteiger partial charge in [0, 0.05) is 24.4 Å². The molecule has 88 valence electrons. The highest BCUT2D eigenvalue weighted by Crippen LogP contribution is 2.13. The molecule has 0 aliphatic rings. The molecular weight excluding hydrogens is 240 g/mol. The van der Waals surface area contributed by atoms with E-state index in [9.17, 15) is 4.79 Å². The van der Waals surface area contributed by atoms with Crippen LogP contribution in [0.15, 0.2) is 17.5 Å². The van der Waals surface area contributed by atoms with Gasteiger partial charge >= 0.3 is 0 Å². The minimum atomic E-state index is -0.0171. The Labute approximate surface area is 105 Å². The van der Waals surface area contributed by atoms with Crippen LogP contribution >= 0.6 is 23.6 Å². The molecule has 0 radical (unpaired) electrons. The first kappa shape index (κ1) is 13.1. The van der Waals surface area contributed by atoms with Crippen LogP contribution in [0.1, 0.15) is 18.2 Å². The molecular formula is C11H16N2OS2. The molecule has 1 aromatic heterocycles. The van der Waals surface area contributed by atoms with E-state index in [4.69, 9.17) is 18.0 Å². The van der Waals surface area contributed by atoms with Crippen LogP contribution in [0.4, 0.5) is 0 Å². The zero-order chi connectivity index (χ0) is 12.1. The standard InChI is InChI=1S/C11H16N2OS2/c1-8(6-9-4-3-5-16-9)13(2)11(14)7-10(12)15/h3-5,8H,6-7H2,1-2H3,(H2,12,15). The summed E-state index contributed by atoms with van der Waals surface area (Å²) in [6, 6.07) is 4.26. The van der Waals surface area contributed by atoms with Gasteiger partial charge in [-0.1, -0.05) is 18.3 Å². The number of hydrogen-bond donors (Lipinski definition) is 1. The zero-order valence-electron chi connectivity index (χ0n) is 9.47. The molecule has 0 fully saturated rings. The molecule has 3 nitrogen and oxygen atoms in total. The number of carbonyl (C=O) groups is 1. The largest absolute Gasteiger partial charge is 0.393 e. The van der Waals surface area contributed by atoms with Gasteiger partial charge in [0.1, 0.15) is 0 Å². The summed E-state index contributed by atoms with van der Waals surface area (Å²) in [5, 5.41) is 2.04. The number of nitrogens with zero attached hydrogens (tertiary/aromatic N) is 1. The van der Waals surface area contributed by atoms with Crippen LogP contribution in [0.25, 0.3) is 0 Å². The summed E-state index contributed by atoms with van der Waals surface area (Å²) in [5.41, 5.74) is 5.35. The molecule has 2 N–H and O–H groups in total. The summed E-state index contributed by atoms with van der Waals surface area (Å²) in [6.45, 7) is 2.02. The molecule has 1 atom stereocenters. The SMILES string of the molecule is CC(Cc1cccs1)N(C)C(=O)CC(N)=S. The fraction of sp³-hybridized carbons (Fsp3) is 0.455. The summed E-state index contributed by atoms with van der Waals surface area (Å²) >= 11 is 6.43. The van der Waals surface area contributed by atoms with Gasteiger partial charge in [-0.05, 0) is 18.4 Å². The highest BCUT2D eigenvalue weighted by atomic mass is 32.1. The van der Waals surface area contributed by atoms with Crippen LogP contribution < -0.4 is 5.73 Å². The number of rotatable bonds is 5. The monoisotopic (exact) mass is 256 g/mol. The topological polar surface area (TPSA) is 46.3 Å². The Morgan fingerprint density at radius 3 is 2.88 bits per heavy atom. The smallest absolute Gasteiger partial charge is 0.229 e. The number of carbonyl (C=O) groups excluding carboxylic acids is 1. The molecule has 0 aliphatic carbocycles. The third kappa shape index (κ3) is 3.90. The average Bonchev–Trinajstić information content (AvgIpc) is 2.68. The van der Waals surface area contributed by atoms with Gasteiger partial charge in [-0.2, -0.15) is 0 Å². The number of thiophene rings is 1. The summed E-state index contributed by atoms with van der Waals surface area (Å²) in [4.78, 5) is 14.9. The van der Waals surface area contributed by atoms with Crippen molar-refractivity contribution < 1.29 is 4.79 Å². The van der Waals surface area contributed by atoms with Gasteiger partial charge in [-0.25, -0.2) is 0 Å². The van der Waals surface area contributed by atoms with Crippen molar-refractivity contribution >= 4 is 34.5 Å². The maximum absolute atomic E-state index is 11.7. The van der Waals surface area contributed by atoms with Crippen LogP contribution in [0.5, 0.6) is 0 Å². The van der Waals surface area contributed by atoms with E-state index in [1.54, 1.807) is 23.3 Å². The third-order valence-electron chi connectivity index (χ3n) is 2.46. The molecule has 1 rings (SSSR count). The number of thiocarbonyl (C=S) groups is 1. The van der Waals surface area contributed by atoms with Gasteiger partial charge in [0.2, 0.25) is 5.91 Å².